The Kier molecular flexibility index (Phi) is 5.92. The Morgan fingerprint density at radius 2 is 1.77 bits per heavy atom. The predicted molar refractivity (Wildman–Crippen MR) is 121 cm³/mol. The summed E-state index contributed by atoms with van der Waals surface area (Å²) >= 11 is 5.95. The van der Waals surface area contributed by atoms with Crippen molar-refractivity contribution in [1.29, 1.82) is 0 Å². The number of aryl methyl sites for hydroxylation is 1. The second kappa shape index (κ2) is 8.49. The molecular formula is C23H23ClN2O4S. The van der Waals surface area contributed by atoms with Gasteiger partial charge >= 0.3 is 0 Å². The van der Waals surface area contributed by atoms with Gasteiger partial charge < -0.3 is 9.30 Å². The summed E-state index contributed by atoms with van der Waals surface area (Å²) in [6, 6.07) is 17.4. The molecule has 1 fully saturated rings. The maximum Gasteiger partial charge on any atom is 0.254 e. The highest BCUT2D eigenvalue weighted by molar-refractivity contribution is 7.89. The summed E-state index contributed by atoms with van der Waals surface area (Å²) in [5.74, 6) is 0.467. The molecule has 2 aromatic carbocycles. The zero-order valence-electron chi connectivity index (χ0n) is 17.3. The zero-order chi connectivity index (χ0) is 22.2. The minimum absolute atomic E-state index is 0.156. The zero-order valence-corrected chi connectivity index (χ0v) is 18.9. The van der Waals surface area contributed by atoms with Crippen LogP contribution in [-0.2, 0) is 17.1 Å². The molecule has 3 aromatic rings. The Labute approximate surface area is 186 Å². The first-order chi connectivity index (χ1) is 14.7. The van der Waals surface area contributed by atoms with Crippen LogP contribution in [0.2, 0.25) is 5.02 Å². The van der Waals surface area contributed by atoms with Crippen molar-refractivity contribution in [2.45, 2.75) is 24.3 Å². The highest BCUT2D eigenvalue weighted by Crippen LogP contribution is 2.28. The van der Waals surface area contributed by atoms with E-state index in [1.165, 1.54) is 14.9 Å². The van der Waals surface area contributed by atoms with E-state index in [0.717, 1.165) is 16.8 Å². The van der Waals surface area contributed by atoms with Gasteiger partial charge in [-0.2, -0.15) is 4.31 Å². The molecule has 1 aliphatic rings. The topological polar surface area (TPSA) is 68.6 Å². The SMILES string of the molecule is Cc1cc(OC2CCN(S(=O)(=O)c3cccc(-c4ccc(Cl)cc4)c3)C2)cc(=O)n1C. The van der Waals surface area contributed by atoms with Crippen LogP contribution in [0.3, 0.4) is 0 Å². The molecule has 1 aromatic heterocycles. The van der Waals surface area contributed by atoms with Gasteiger partial charge in [-0.05, 0) is 54.8 Å². The molecule has 2 heterocycles. The van der Waals surface area contributed by atoms with Crippen LogP contribution in [0.1, 0.15) is 12.1 Å². The lowest BCUT2D eigenvalue weighted by atomic mass is 10.1. The van der Waals surface area contributed by atoms with Crippen molar-refractivity contribution < 1.29 is 13.2 Å². The maximum atomic E-state index is 13.2. The molecule has 4 rings (SSSR count). The van der Waals surface area contributed by atoms with Crippen LogP contribution in [0.4, 0.5) is 0 Å². The second-order valence-electron chi connectivity index (χ2n) is 7.66. The first-order valence-electron chi connectivity index (χ1n) is 9.94. The predicted octanol–water partition coefficient (Wildman–Crippen LogP) is 3.86. The van der Waals surface area contributed by atoms with Crippen molar-refractivity contribution in [3.63, 3.8) is 0 Å². The number of benzene rings is 2. The molecule has 31 heavy (non-hydrogen) atoms. The van der Waals surface area contributed by atoms with Gasteiger partial charge in [0, 0.05) is 30.4 Å². The summed E-state index contributed by atoms with van der Waals surface area (Å²) in [6.45, 7) is 2.43. The van der Waals surface area contributed by atoms with E-state index < -0.39 is 10.0 Å². The molecule has 1 saturated heterocycles. The first-order valence-corrected chi connectivity index (χ1v) is 11.8. The number of hydrogen-bond acceptors (Lipinski definition) is 4. The molecule has 0 aliphatic carbocycles. The van der Waals surface area contributed by atoms with Gasteiger partial charge in [0.05, 0.1) is 11.4 Å². The molecule has 0 saturated carbocycles. The Hall–Kier alpha value is -2.61. The van der Waals surface area contributed by atoms with Gasteiger partial charge in [0.1, 0.15) is 11.9 Å². The molecule has 162 valence electrons. The average Bonchev–Trinajstić information content (AvgIpc) is 3.22. The van der Waals surface area contributed by atoms with E-state index in [1.54, 1.807) is 43.4 Å². The minimum atomic E-state index is -3.66. The van der Waals surface area contributed by atoms with Gasteiger partial charge in [0.15, 0.2) is 0 Å². The van der Waals surface area contributed by atoms with E-state index in [1.807, 2.05) is 25.1 Å². The van der Waals surface area contributed by atoms with Crippen molar-refractivity contribution in [3.8, 4) is 16.9 Å². The van der Waals surface area contributed by atoms with E-state index >= 15 is 0 Å². The molecule has 8 heteroatoms. The Morgan fingerprint density at radius 1 is 1.03 bits per heavy atom. The second-order valence-corrected chi connectivity index (χ2v) is 10.0. The highest BCUT2D eigenvalue weighted by atomic mass is 35.5. The Morgan fingerprint density at radius 3 is 2.48 bits per heavy atom. The number of sulfonamides is 1. The fraction of sp³-hybridized carbons (Fsp3) is 0.261. The number of ether oxygens (including phenoxy) is 1. The summed E-state index contributed by atoms with van der Waals surface area (Å²) in [5.41, 5.74) is 2.32. The largest absolute Gasteiger partial charge is 0.489 e. The van der Waals surface area contributed by atoms with Gasteiger partial charge in [0.25, 0.3) is 5.56 Å². The van der Waals surface area contributed by atoms with Crippen LogP contribution in [0, 0.1) is 6.92 Å². The van der Waals surface area contributed by atoms with Crippen molar-refractivity contribution in [2.75, 3.05) is 13.1 Å². The van der Waals surface area contributed by atoms with Crippen molar-refractivity contribution in [3.05, 3.63) is 81.7 Å². The number of nitrogens with zero attached hydrogens (tertiary/aromatic N) is 2. The smallest absolute Gasteiger partial charge is 0.254 e. The van der Waals surface area contributed by atoms with Crippen molar-refractivity contribution in [2.24, 2.45) is 7.05 Å². The highest BCUT2D eigenvalue weighted by Gasteiger charge is 2.34. The number of hydrogen-bond donors (Lipinski definition) is 0. The van der Waals surface area contributed by atoms with E-state index in [0.29, 0.717) is 23.7 Å². The van der Waals surface area contributed by atoms with E-state index in [-0.39, 0.29) is 23.1 Å². The number of halogens is 1. The van der Waals surface area contributed by atoms with Gasteiger partial charge in [-0.1, -0.05) is 35.9 Å². The molecule has 1 atom stereocenters. The molecule has 1 aliphatic heterocycles. The summed E-state index contributed by atoms with van der Waals surface area (Å²) in [7, 11) is -1.97. The third kappa shape index (κ3) is 4.54. The molecule has 0 radical (unpaired) electrons. The van der Waals surface area contributed by atoms with Crippen LogP contribution in [0.25, 0.3) is 11.1 Å². The quantitative estimate of drug-likeness (QED) is 0.582. The molecule has 1 unspecified atom stereocenters. The molecule has 0 spiro atoms. The molecule has 0 N–H and O–H groups in total. The van der Waals surface area contributed by atoms with Gasteiger partial charge in [-0.25, -0.2) is 8.42 Å². The molecular weight excluding hydrogens is 436 g/mol. The lowest BCUT2D eigenvalue weighted by Crippen LogP contribution is -2.31. The molecule has 0 amide bonds. The van der Waals surface area contributed by atoms with Crippen LogP contribution in [-0.4, -0.2) is 36.5 Å². The lowest BCUT2D eigenvalue weighted by Gasteiger charge is -2.18. The van der Waals surface area contributed by atoms with Gasteiger partial charge in [-0.15, -0.1) is 0 Å². The first kappa shape index (κ1) is 21.6. The number of rotatable bonds is 5. The summed E-state index contributed by atoms with van der Waals surface area (Å²) in [5, 5.41) is 0.627. The van der Waals surface area contributed by atoms with Crippen LogP contribution in [0.15, 0.2) is 70.4 Å². The van der Waals surface area contributed by atoms with Crippen LogP contribution < -0.4 is 10.3 Å². The van der Waals surface area contributed by atoms with E-state index in [2.05, 4.69) is 0 Å². The maximum absolute atomic E-state index is 13.2. The van der Waals surface area contributed by atoms with Gasteiger partial charge in [-0.3, -0.25) is 4.79 Å². The normalized spacial score (nSPS) is 17.1. The third-order valence-corrected chi connectivity index (χ3v) is 7.65. The third-order valence-electron chi connectivity index (χ3n) is 5.54. The summed E-state index contributed by atoms with van der Waals surface area (Å²) in [6.07, 6.45) is 0.255. The lowest BCUT2D eigenvalue weighted by molar-refractivity contribution is 0.214. The van der Waals surface area contributed by atoms with Crippen LogP contribution in [0.5, 0.6) is 5.75 Å². The molecule has 6 nitrogen and oxygen atoms in total. The number of aromatic nitrogens is 1. The summed E-state index contributed by atoms with van der Waals surface area (Å²) < 4.78 is 35.3. The monoisotopic (exact) mass is 458 g/mol. The van der Waals surface area contributed by atoms with Gasteiger partial charge in [0.2, 0.25) is 10.0 Å². The molecule has 0 bridgehead atoms. The van der Waals surface area contributed by atoms with E-state index in [4.69, 9.17) is 16.3 Å². The fourth-order valence-corrected chi connectivity index (χ4v) is 5.30. The standard InChI is InChI=1S/C23H23ClN2O4S/c1-16-12-21(14-23(27)25(16)2)30-20-10-11-26(15-20)31(28,29)22-5-3-4-18(13-22)17-6-8-19(24)9-7-17/h3-9,12-14,20H,10-11,15H2,1-2H3. The average molecular weight is 459 g/mol. The Balaban J connectivity index is 1.52. The van der Waals surface area contributed by atoms with Crippen molar-refractivity contribution in [1.82, 2.24) is 8.87 Å². The Bertz CT molecular complexity index is 1270. The summed E-state index contributed by atoms with van der Waals surface area (Å²) in [4.78, 5) is 12.2. The van der Waals surface area contributed by atoms with Crippen molar-refractivity contribution >= 4 is 21.6 Å². The van der Waals surface area contributed by atoms with E-state index in [9.17, 15) is 13.2 Å². The fourth-order valence-electron chi connectivity index (χ4n) is 3.64. The van der Waals surface area contributed by atoms with Crippen LogP contribution >= 0.6 is 11.6 Å². The number of pyridine rings is 1. The minimum Gasteiger partial charge on any atom is -0.489 e.